The van der Waals surface area contributed by atoms with Gasteiger partial charge in [-0.15, -0.1) is 23.7 Å². The van der Waals surface area contributed by atoms with Gasteiger partial charge in [0.1, 0.15) is 10.4 Å². The molecular weight excluding hydrogens is 446 g/mol. The first-order chi connectivity index (χ1) is 13.9. The van der Waals surface area contributed by atoms with E-state index in [1.54, 1.807) is 31.4 Å². The van der Waals surface area contributed by atoms with E-state index in [1.165, 1.54) is 11.3 Å². The third-order valence-electron chi connectivity index (χ3n) is 4.59. The first kappa shape index (κ1) is 22.1. The zero-order valence-corrected chi connectivity index (χ0v) is 18.4. The number of sulfonamides is 1. The van der Waals surface area contributed by atoms with Crippen LogP contribution in [0.3, 0.4) is 0 Å². The Morgan fingerprint density at radius 1 is 1.20 bits per heavy atom. The van der Waals surface area contributed by atoms with Gasteiger partial charge in [0.2, 0.25) is 10.0 Å². The Balaban J connectivity index is 0.00000256. The largest absolute Gasteiger partial charge is 0.496 e. The van der Waals surface area contributed by atoms with Crippen molar-refractivity contribution in [2.45, 2.75) is 0 Å². The lowest BCUT2D eigenvalue weighted by Gasteiger charge is -2.15. The number of nitrogens with one attached hydrogen (secondary N) is 2. The number of pyridine rings is 1. The molecule has 2 heterocycles. The summed E-state index contributed by atoms with van der Waals surface area (Å²) in [6.07, 6.45) is 0. The number of anilines is 1. The molecule has 0 aliphatic rings. The van der Waals surface area contributed by atoms with Gasteiger partial charge in [-0.1, -0.05) is 12.1 Å². The highest BCUT2D eigenvalue weighted by molar-refractivity contribution is 7.92. The van der Waals surface area contributed by atoms with E-state index in [9.17, 15) is 13.2 Å². The van der Waals surface area contributed by atoms with Gasteiger partial charge in [-0.25, -0.2) is 8.42 Å². The van der Waals surface area contributed by atoms with Crippen molar-refractivity contribution >= 4 is 60.4 Å². The zero-order chi connectivity index (χ0) is 20.6. The maximum Gasteiger partial charge on any atom is 0.266 e. The molecule has 0 fully saturated rings. The average Bonchev–Trinajstić information content (AvgIpc) is 3.17. The molecule has 4 aromatic rings. The fourth-order valence-electron chi connectivity index (χ4n) is 3.41. The minimum atomic E-state index is -3.53. The minimum absolute atomic E-state index is 0. The number of benzene rings is 2. The topological polar surface area (TPSA) is 114 Å². The van der Waals surface area contributed by atoms with Crippen LogP contribution in [-0.4, -0.2) is 32.8 Å². The molecule has 0 radical (unpaired) electrons. The van der Waals surface area contributed by atoms with Gasteiger partial charge in [0.05, 0.1) is 12.9 Å². The molecular formula is C20H20ClN3O4S2. The Labute approximate surface area is 183 Å². The summed E-state index contributed by atoms with van der Waals surface area (Å²) in [5.74, 6) is 0.463. The van der Waals surface area contributed by atoms with Crippen molar-refractivity contribution in [3.63, 3.8) is 0 Å². The van der Waals surface area contributed by atoms with Crippen LogP contribution in [0.2, 0.25) is 0 Å². The molecule has 7 nitrogen and oxygen atoms in total. The van der Waals surface area contributed by atoms with Crippen LogP contribution in [0.5, 0.6) is 5.75 Å². The lowest BCUT2D eigenvalue weighted by Crippen LogP contribution is -2.22. The number of aromatic amines is 1. The van der Waals surface area contributed by atoms with Crippen molar-refractivity contribution in [1.82, 2.24) is 4.98 Å². The predicted molar refractivity (Wildman–Crippen MR) is 126 cm³/mol. The Morgan fingerprint density at radius 3 is 2.73 bits per heavy atom. The van der Waals surface area contributed by atoms with E-state index in [1.807, 2.05) is 23.6 Å². The van der Waals surface area contributed by atoms with E-state index in [-0.39, 0.29) is 30.3 Å². The van der Waals surface area contributed by atoms with E-state index in [0.717, 1.165) is 21.9 Å². The summed E-state index contributed by atoms with van der Waals surface area (Å²) in [5, 5.41) is 3.55. The fraction of sp³-hybridized carbons (Fsp3) is 0.150. The van der Waals surface area contributed by atoms with Gasteiger partial charge >= 0.3 is 0 Å². The quantitative estimate of drug-likeness (QED) is 0.403. The molecule has 0 unspecified atom stereocenters. The first-order valence-electron chi connectivity index (χ1n) is 8.84. The van der Waals surface area contributed by atoms with Crippen LogP contribution in [0.1, 0.15) is 0 Å². The Morgan fingerprint density at radius 2 is 2.00 bits per heavy atom. The number of thiophene rings is 1. The summed E-state index contributed by atoms with van der Waals surface area (Å²) in [5.41, 5.74) is 7.91. The number of hydrogen-bond donors (Lipinski definition) is 3. The molecule has 4 rings (SSSR count). The molecule has 2 aromatic heterocycles. The smallest absolute Gasteiger partial charge is 0.266 e. The summed E-state index contributed by atoms with van der Waals surface area (Å²) in [4.78, 5) is 15.3. The number of ether oxygens (including phenoxy) is 1. The van der Waals surface area contributed by atoms with E-state index in [2.05, 4.69) is 9.71 Å². The average molecular weight is 466 g/mol. The number of methoxy groups -OCH3 is 1. The Hall–Kier alpha value is -2.59. The fourth-order valence-corrected chi connectivity index (χ4v) is 5.10. The summed E-state index contributed by atoms with van der Waals surface area (Å²) < 4.78 is 33.0. The standard InChI is InChI=1S/C20H19N3O4S2.ClH/c1-27-16-6-5-15-18(14-7-9-28-19(14)20(24)22-15)17(16)12-3-2-4-13(11-12)23-29(25,26)10-8-21;/h2-7,9,11,23H,8,10,21H2,1H3,(H,22,24);1H. The highest BCUT2D eigenvalue weighted by Crippen LogP contribution is 2.40. The Bertz CT molecular complexity index is 1380. The second-order valence-electron chi connectivity index (χ2n) is 6.47. The van der Waals surface area contributed by atoms with Crippen LogP contribution in [0, 0.1) is 0 Å². The summed E-state index contributed by atoms with van der Waals surface area (Å²) in [6, 6.07) is 12.6. The molecule has 0 aliphatic heterocycles. The minimum Gasteiger partial charge on any atom is -0.496 e. The monoisotopic (exact) mass is 465 g/mol. The van der Waals surface area contributed by atoms with Crippen molar-refractivity contribution in [2.75, 3.05) is 24.1 Å². The van der Waals surface area contributed by atoms with E-state index >= 15 is 0 Å². The van der Waals surface area contributed by atoms with Crippen molar-refractivity contribution in [3.05, 3.63) is 58.2 Å². The lowest BCUT2D eigenvalue weighted by atomic mass is 9.97. The number of hydrogen-bond acceptors (Lipinski definition) is 6. The van der Waals surface area contributed by atoms with Crippen LogP contribution < -0.4 is 20.8 Å². The van der Waals surface area contributed by atoms with Crippen molar-refractivity contribution in [3.8, 4) is 16.9 Å². The van der Waals surface area contributed by atoms with Gasteiger partial charge in [-0.3, -0.25) is 9.52 Å². The van der Waals surface area contributed by atoms with Crippen molar-refractivity contribution in [2.24, 2.45) is 5.73 Å². The summed E-state index contributed by atoms with van der Waals surface area (Å²) in [6.45, 7) is 0.0374. The van der Waals surface area contributed by atoms with Gasteiger partial charge in [-0.05, 0) is 41.3 Å². The van der Waals surface area contributed by atoms with Gasteiger partial charge in [-0.2, -0.15) is 0 Å². The van der Waals surface area contributed by atoms with E-state index in [4.69, 9.17) is 10.5 Å². The molecule has 0 amide bonds. The number of rotatable bonds is 6. The molecule has 0 aliphatic carbocycles. The maximum atomic E-state index is 12.4. The second-order valence-corrected chi connectivity index (χ2v) is 9.23. The van der Waals surface area contributed by atoms with Crippen LogP contribution in [-0.2, 0) is 10.0 Å². The van der Waals surface area contributed by atoms with Crippen LogP contribution in [0.15, 0.2) is 52.6 Å². The third kappa shape index (κ3) is 4.01. The normalized spacial score (nSPS) is 11.4. The molecule has 0 saturated carbocycles. The molecule has 158 valence electrons. The van der Waals surface area contributed by atoms with Gasteiger partial charge in [0.15, 0.2) is 0 Å². The SMILES string of the molecule is COc1ccc2[nH]c(=O)c3sccc3c2c1-c1cccc(NS(=O)(=O)CCN)c1.Cl. The maximum absolute atomic E-state index is 12.4. The summed E-state index contributed by atoms with van der Waals surface area (Å²) >= 11 is 1.37. The lowest BCUT2D eigenvalue weighted by molar-refractivity contribution is 0.417. The number of H-pyrrole nitrogens is 1. The third-order valence-corrected chi connectivity index (χ3v) is 6.82. The Kier molecular flexibility index (Phi) is 6.37. The van der Waals surface area contributed by atoms with E-state index in [0.29, 0.717) is 21.7 Å². The second kappa shape index (κ2) is 8.65. The van der Waals surface area contributed by atoms with E-state index < -0.39 is 10.0 Å². The first-order valence-corrected chi connectivity index (χ1v) is 11.4. The number of halogens is 1. The van der Waals surface area contributed by atoms with Crippen LogP contribution in [0.25, 0.3) is 32.1 Å². The van der Waals surface area contributed by atoms with Crippen LogP contribution in [0.4, 0.5) is 5.69 Å². The highest BCUT2D eigenvalue weighted by Gasteiger charge is 2.17. The molecule has 0 bridgehead atoms. The van der Waals surface area contributed by atoms with Gasteiger partial charge in [0.25, 0.3) is 5.56 Å². The highest BCUT2D eigenvalue weighted by atomic mass is 35.5. The van der Waals surface area contributed by atoms with Crippen LogP contribution >= 0.6 is 23.7 Å². The molecule has 0 atom stereocenters. The predicted octanol–water partition coefficient (Wildman–Crippen LogP) is 3.54. The number of fused-ring (bicyclic) bond motifs is 3. The molecule has 0 spiro atoms. The van der Waals surface area contributed by atoms with Crippen molar-refractivity contribution in [1.29, 1.82) is 0 Å². The van der Waals surface area contributed by atoms with Gasteiger partial charge < -0.3 is 15.5 Å². The molecule has 0 saturated heterocycles. The molecule has 30 heavy (non-hydrogen) atoms. The number of aromatic nitrogens is 1. The molecule has 10 heteroatoms. The van der Waals surface area contributed by atoms with Gasteiger partial charge in [0, 0.05) is 34.1 Å². The molecule has 4 N–H and O–H groups in total. The summed E-state index contributed by atoms with van der Waals surface area (Å²) in [7, 11) is -1.95. The number of nitrogens with two attached hydrogens (primary N) is 1. The molecule has 2 aromatic carbocycles. The van der Waals surface area contributed by atoms with Crippen molar-refractivity contribution < 1.29 is 13.2 Å². The zero-order valence-electron chi connectivity index (χ0n) is 16.0.